The number of carboxylic acids is 1. The number of phenols is 1. The maximum Gasteiger partial charge on any atom is 0.326 e. The van der Waals surface area contributed by atoms with Gasteiger partial charge in [-0.25, -0.2) is 4.79 Å². The predicted molar refractivity (Wildman–Crippen MR) is 94.4 cm³/mol. The minimum absolute atomic E-state index is 0.0341. The highest BCUT2D eigenvalue weighted by molar-refractivity contribution is 6.49. The standard InChI is InChI=1S/C19H14ClNO5/c20-15-16(18(24)13-4-2-1-3-12(13)17(15)23)21-14(19(25)26)9-10-5-7-11(22)8-6-10/h1-8,14,21-22H,9H2,(H,25,26). The van der Waals surface area contributed by atoms with Gasteiger partial charge >= 0.3 is 5.97 Å². The van der Waals surface area contributed by atoms with Crippen molar-refractivity contribution in [3.63, 3.8) is 0 Å². The summed E-state index contributed by atoms with van der Waals surface area (Å²) in [6.45, 7) is 0. The van der Waals surface area contributed by atoms with E-state index in [4.69, 9.17) is 11.6 Å². The fourth-order valence-corrected chi connectivity index (χ4v) is 2.96. The summed E-state index contributed by atoms with van der Waals surface area (Å²) in [6, 6.07) is 11.1. The Morgan fingerprint density at radius 1 is 1.00 bits per heavy atom. The molecule has 26 heavy (non-hydrogen) atoms. The van der Waals surface area contributed by atoms with Crippen molar-refractivity contribution in [2.24, 2.45) is 0 Å². The van der Waals surface area contributed by atoms with Gasteiger partial charge in [0.05, 0.1) is 0 Å². The van der Waals surface area contributed by atoms with Crippen molar-refractivity contribution in [3.8, 4) is 5.75 Å². The second kappa shape index (κ2) is 7.01. The molecule has 0 aromatic heterocycles. The monoisotopic (exact) mass is 371 g/mol. The second-order valence-corrected chi connectivity index (χ2v) is 6.18. The maximum absolute atomic E-state index is 12.6. The molecular weight excluding hydrogens is 358 g/mol. The molecule has 3 N–H and O–H groups in total. The van der Waals surface area contributed by atoms with Crippen molar-refractivity contribution in [3.05, 3.63) is 76.0 Å². The molecule has 132 valence electrons. The lowest BCUT2D eigenvalue weighted by molar-refractivity contribution is -0.139. The third-order valence-electron chi connectivity index (χ3n) is 4.06. The van der Waals surface area contributed by atoms with Gasteiger partial charge < -0.3 is 15.5 Å². The van der Waals surface area contributed by atoms with Crippen LogP contribution in [0.5, 0.6) is 5.75 Å². The summed E-state index contributed by atoms with van der Waals surface area (Å²) in [6.07, 6.45) is 0.0341. The van der Waals surface area contributed by atoms with E-state index in [1.807, 2.05) is 0 Å². The van der Waals surface area contributed by atoms with E-state index in [9.17, 15) is 24.6 Å². The van der Waals surface area contributed by atoms with Gasteiger partial charge in [0.2, 0.25) is 11.6 Å². The number of Topliss-reactive ketones (excluding diaryl/α,β-unsaturated/α-hetero) is 2. The van der Waals surface area contributed by atoms with E-state index in [0.29, 0.717) is 5.56 Å². The molecule has 6 nitrogen and oxygen atoms in total. The normalized spacial score (nSPS) is 14.8. The van der Waals surface area contributed by atoms with Crippen LogP contribution in [-0.2, 0) is 11.2 Å². The smallest absolute Gasteiger partial charge is 0.326 e. The quantitative estimate of drug-likeness (QED) is 0.746. The van der Waals surface area contributed by atoms with E-state index >= 15 is 0 Å². The fraction of sp³-hybridized carbons (Fsp3) is 0.105. The zero-order valence-corrected chi connectivity index (χ0v) is 14.2. The van der Waals surface area contributed by atoms with Gasteiger partial charge in [0.25, 0.3) is 0 Å². The molecule has 1 atom stereocenters. The van der Waals surface area contributed by atoms with E-state index in [0.717, 1.165) is 0 Å². The number of nitrogens with one attached hydrogen (secondary N) is 1. The molecule has 7 heteroatoms. The number of hydrogen-bond acceptors (Lipinski definition) is 5. The van der Waals surface area contributed by atoms with E-state index in [1.54, 1.807) is 24.3 Å². The van der Waals surface area contributed by atoms with Gasteiger partial charge in [-0.2, -0.15) is 0 Å². The molecule has 1 unspecified atom stereocenters. The molecule has 0 fully saturated rings. The summed E-state index contributed by atoms with van der Waals surface area (Å²) in [4.78, 5) is 36.6. The molecule has 1 aliphatic rings. The number of hydrogen-bond donors (Lipinski definition) is 3. The Balaban J connectivity index is 1.90. The molecule has 0 radical (unpaired) electrons. The van der Waals surface area contributed by atoms with Crippen LogP contribution in [0.4, 0.5) is 0 Å². The SMILES string of the molecule is O=C1C(Cl)=C(NC(Cc2ccc(O)cc2)C(=O)O)C(=O)c2ccccc21. The van der Waals surface area contributed by atoms with Crippen molar-refractivity contribution in [1.29, 1.82) is 0 Å². The predicted octanol–water partition coefficient (Wildman–Crippen LogP) is 2.51. The van der Waals surface area contributed by atoms with Crippen LogP contribution in [0.15, 0.2) is 59.3 Å². The number of aromatic hydroxyl groups is 1. The van der Waals surface area contributed by atoms with E-state index in [2.05, 4.69) is 5.32 Å². The maximum atomic E-state index is 12.6. The van der Waals surface area contributed by atoms with Crippen LogP contribution in [0.3, 0.4) is 0 Å². The van der Waals surface area contributed by atoms with E-state index in [1.165, 1.54) is 24.3 Å². The van der Waals surface area contributed by atoms with Crippen LogP contribution < -0.4 is 5.32 Å². The number of rotatable bonds is 5. The molecule has 3 rings (SSSR count). The third kappa shape index (κ3) is 3.32. The molecule has 0 saturated heterocycles. The molecule has 0 heterocycles. The second-order valence-electron chi connectivity index (χ2n) is 5.80. The number of benzene rings is 2. The first kappa shape index (κ1) is 17.7. The van der Waals surface area contributed by atoms with Crippen LogP contribution >= 0.6 is 11.6 Å². The van der Waals surface area contributed by atoms with E-state index in [-0.39, 0.29) is 34.0 Å². The molecule has 0 amide bonds. The van der Waals surface area contributed by atoms with Crippen molar-refractivity contribution in [2.45, 2.75) is 12.5 Å². The molecule has 1 aliphatic carbocycles. The fourth-order valence-electron chi connectivity index (χ4n) is 2.72. The molecule has 0 bridgehead atoms. The highest BCUT2D eigenvalue weighted by Crippen LogP contribution is 2.27. The van der Waals surface area contributed by atoms with Crippen LogP contribution in [0, 0.1) is 0 Å². The zero-order chi connectivity index (χ0) is 18.8. The van der Waals surface area contributed by atoms with Gasteiger partial charge in [0, 0.05) is 17.5 Å². The van der Waals surface area contributed by atoms with Gasteiger partial charge in [-0.1, -0.05) is 48.0 Å². The first-order chi connectivity index (χ1) is 12.4. The van der Waals surface area contributed by atoms with Crippen LogP contribution in [0.1, 0.15) is 26.3 Å². The zero-order valence-electron chi connectivity index (χ0n) is 13.4. The lowest BCUT2D eigenvalue weighted by atomic mass is 9.92. The molecule has 0 spiro atoms. The first-order valence-corrected chi connectivity index (χ1v) is 8.11. The number of carbonyl (C=O) groups excluding carboxylic acids is 2. The Morgan fingerprint density at radius 3 is 2.15 bits per heavy atom. The van der Waals surface area contributed by atoms with Crippen molar-refractivity contribution in [2.75, 3.05) is 0 Å². The van der Waals surface area contributed by atoms with Crippen molar-refractivity contribution in [1.82, 2.24) is 5.32 Å². The topological polar surface area (TPSA) is 104 Å². The van der Waals surface area contributed by atoms with Crippen LogP contribution in [-0.4, -0.2) is 33.8 Å². The summed E-state index contributed by atoms with van der Waals surface area (Å²) in [7, 11) is 0. The number of carbonyl (C=O) groups is 3. The Labute approximate surface area is 153 Å². The number of ketones is 2. The average molecular weight is 372 g/mol. The van der Waals surface area contributed by atoms with Crippen LogP contribution in [0.25, 0.3) is 0 Å². The number of fused-ring (bicyclic) bond motifs is 1. The lowest BCUT2D eigenvalue weighted by Gasteiger charge is -2.22. The Hall–Kier alpha value is -3.12. The summed E-state index contributed by atoms with van der Waals surface area (Å²) in [5, 5.41) is 21.1. The highest BCUT2D eigenvalue weighted by atomic mass is 35.5. The van der Waals surface area contributed by atoms with Gasteiger partial charge in [-0.05, 0) is 17.7 Å². The summed E-state index contributed by atoms with van der Waals surface area (Å²) >= 11 is 6.05. The number of halogens is 1. The molecule has 2 aromatic rings. The van der Waals surface area contributed by atoms with Gasteiger partial charge in [0.15, 0.2) is 0 Å². The van der Waals surface area contributed by atoms with Gasteiger partial charge in [0.1, 0.15) is 22.5 Å². The minimum atomic E-state index is -1.20. The van der Waals surface area contributed by atoms with E-state index < -0.39 is 23.6 Å². The number of phenolic OH excluding ortho intramolecular Hbond substituents is 1. The largest absolute Gasteiger partial charge is 0.508 e. The van der Waals surface area contributed by atoms with Gasteiger partial charge in [-0.3, -0.25) is 9.59 Å². The molecular formula is C19H14ClNO5. The Morgan fingerprint density at radius 2 is 1.58 bits per heavy atom. The average Bonchev–Trinajstić information content (AvgIpc) is 2.64. The number of allylic oxidation sites excluding steroid dienone is 2. The van der Waals surface area contributed by atoms with Crippen molar-refractivity contribution < 1.29 is 24.6 Å². The Bertz CT molecular complexity index is 933. The summed E-state index contributed by atoms with van der Waals surface area (Å²) in [5.74, 6) is -2.20. The van der Waals surface area contributed by atoms with Crippen LogP contribution in [0.2, 0.25) is 0 Å². The molecule has 2 aromatic carbocycles. The lowest BCUT2D eigenvalue weighted by Crippen LogP contribution is -2.42. The molecule has 0 saturated carbocycles. The number of carboxylic acid groups (broad SMARTS) is 1. The molecule has 0 aliphatic heterocycles. The van der Waals surface area contributed by atoms with Gasteiger partial charge in [-0.15, -0.1) is 0 Å². The number of aliphatic carboxylic acids is 1. The van der Waals surface area contributed by atoms with Crippen molar-refractivity contribution >= 4 is 29.1 Å². The third-order valence-corrected chi connectivity index (χ3v) is 4.42. The summed E-state index contributed by atoms with van der Waals surface area (Å²) < 4.78 is 0. The summed E-state index contributed by atoms with van der Waals surface area (Å²) in [5.41, 5.74) is 0.785. The Kier molecular flexibility index (Phi) is 4.77. The highest BCUT2D eigenvalue weighted by Gasteiger charge is 2.33. The minimum Gasteiger partial charge on any atom is -0.508 e. The first-order valence-electron chi connectivity index (χ1n) is 7.74.